The van der Waals surface area contributed by atoms with E-state index in [1.807, 2.05) is 13.0 Å². The molecule has 0 radical (unpaired) electrons. The molecule has 0 aliphatic heterocycles. The first-order valence-electron chi connectivity index (χ1n) is 12.4. The summed E-state index contributed by atoms with van der Waals surface area (Å²) in [6.45, 7) is 4.22. The van der Waals surface area contributed by atoms with Gasteiger partial charge in [0.2, 0.25) is 0 Å². The molecule has 2 fully saturated rings. The topological polar surface area (TPSA) is 60.7 Å². The number of phenolic OH excluding ortho intramolecular Hbond substituents is 1. The average Bonchev–Trinajstić information content (AvgIpc) is 2.99. The number of benzene rings is 1. The Balaban J connectivity index is 1.56. The number of allylic oxidation sites excluding steroid dienone is 2. The van der Waals surface area contributed by atoms with E-state index < -0.39 is 17.9 Å². The molecule has 2 saturated carbocycles. The predicted octanol–water partition coefficient (Wildman–Crippen LogP) is 6.41. The maximum absolute atomic E-state index is 12.5. The third-order valence-electron chi connectivity index (χ3n) is 9.40. The first kappa shape index (κ1) is 24.6. The Labute approximate surface area is 194 Å². The van der Waals surface area contributed by atoms with Gasteiger partial charge in [-0.25, -0.2) is 0 Å². The molecular weight excluding hydrogens is 429 g/mol. The Morgan fingerprint density at radius 1 is 1.12 bits per heavy atom. The quantitative estimate of drug-likeness (QED) is 0.335. The molecule has 1 unspecified atom stereocenters. The summed E-state index contributed by atoms with van der Waals surface area (Å²) in [4.78, 5) is 0. The lowest BCUT2D eigenvalue weighted by Gasteiger charge is -2.59. The summed E-state index contributed by atoms with van der Waals surface area (Å²) in [6.07, 6.45) is 4.56. The Hall–Kier alpha value is -1.53. The number of fused-ring (bicyclic) bond motifs is 5. The van der Waals surface area contributed by atoms with Crippen molar-refractivity contribution in [3.8, 4) is 5.75 Å². The summed E-state index contributed by atoms with van der Waals surface area (Å²) in [5, 5.41) is 30.5. The predicted molar refractivity (Wildman–Crippen MR) is 122 cm³/mol. The molecule has 0 bridgehead atoms. The molecule has 3 aliphatic carbocycles. The fraction of sp³-hybridized carbons (Fsp3) is 0.704. The molecule has 1 aromatic carbocycles. The monoisotopic (exact) mass is 466 g/mol. The molecule has 3 N–H and O–H groups in total. The van der Waals surface area contributed by atoms with Crippen molar-refractivity contribution in [3.05, 3.63) is 41.5 Å². The van der Waals surface area contributed by atoms with E-state index in [9.17, 15) is 28.5 Å². The minimum Gasteiger partial charge on any atom is -0.508 e. The first-order chi connectivity index (χ1) is 15.4. The van der Waals surface area contributed by atoms with Crippen molar-refractivity contribution in [1.82, 2.24) is 0 Å². The number of aryl methyl sites for hydroxylation is 1. The molecule has 3 nitrogen and oxygen atoms in total. The van der Waals surface area contributed by atoms with Crippen LogP contribution in [0, 0.1) is 16.7 Å². The number of aliphatic hydroxyl groups is 2. The highest BCUT2D eigenvalue weighted by Gasteiger charge is 2.64. The van der Waals surface area contributed by atoms with E-state index in [1.165, 1.54) is 11.1 Å². The smallest absolute Gasteiger partial charge is 0.414 e. The third-order valence-corrected chi connectivity index (χ3v) is 9.40. The second-order valence-electron chi connectivity index (χ2n) is 11.1. The van der Waals surface area contributed by atoms with Gasteiger partial charge in [-0.05, 0) is 111 Å². The van der Waals surface area contributed by atoms with Crippen LogP contribution < -0.4 is 0 Å². The zero-order valence-electron chi connectivity index (χ0n) is 19.7. The normalized spacial score (nSPS) is 36.9. The fourth-order valence-corrected chi connectivity index (χ4v) is 7.34. The van der Waals surface area contributed by atoms with Gasteiger partial charge in [0.15, 0.2) is 0 Å². The molecule has 0 spiro atoms. The fourth-order valence-electron chi connectivity index (χ4n) is 7.34. The van der Waals surface area contributed by atoms with Crippen molar-refractivity contribution in [1.29, 1.82) is 0 Å². The van der Waals surface area contributed by atoms with E-state index in [4.69, 9.17) is 0 Å². The number of halogens is 3. The maximum Gasteiger partial charge on any atom is 0.414 e. The van der Waals surface area contributed by atoms with Gasteiger partial charge in [-0.15, -0.1) is 0 Å². The summed E-state index contributed by atoms with van der Waals surface area (Å²) in [5.74, 6) is 0.948. The second-order valence-corrected chi connectivity index (χ2v) is 11.1. The molecule has 6 heteroatoms. The van der Waals surface area contributed by atoms with Gasteiger partial charge in [-0.1, -0.05) is 31.6 Å². The van der Waals surface area contributed by atoms with Gasteiger partial charge in [-0.2, -0.15) is 13.2 Å². The Bertz CT molecular complexity index is 893. The Morgan fingerprint density at radius 3 is 2.61 bits per heavy atom. The second kappa shape index (κ2) is 8.60. The SMILES string of the molecule is C[C@]1(O)CC[C@H]2C3(C=CCCCC[C@@H](O)C(F)(F)F)CCc4cc(O)ccc4[C@H]3CC[C@@]21C. The summed E-state index contributed by atoms with van der Waals surface area (Å²) < 4.78 is 37.6. The minimum absolute atomic E-state index is 0.0943. The molecule has 33 heavy (non-hydrogen) atoms. The molecule has 0 heterocycles. The maximum atomic E-state index is 12.5. The molecule has 6 atom stereocenters. The highest BCUT2D eigenvalue weighted by atomic mass is 19.4. The number of unbranched alkanes of at least 4 members (excludes halogenated alkanes) is 2. The number of hydrogen-bond donors (Lipinski definition) is 3. The van der Waals surface area contributed by atoms with E-state index in [-0.39, 0.29) is 17.3 Å². The van der Waals surface area contributed by atoms with Crippen molar-refractivity contribution in [2.24, 2.45) is 16.7 Å². The zero-order valence-corrected chi connectivity index (χ0v) is 19.7. The largest absolute Gasteiger partial charge is 0.508 e. The minimum atomic E-state index is -4.54. The van der Waals surface area contributed by atoms with Crippen molar-refractivity contribution >= 4 is 0 Å². The van der Waals surface area contributed by atoms with Gasteiger partial charge >= 0.3 is 6.18 Å². The number of hydrogen-bond acceptors (Lipinski definition) is 3. The molecule has 0 amide bonds. The first-order valence-corrected chi connectivity index (χ1v) is 12.4. The van der Waals surface area contributed by atoms with Crippen LogP contribution in [0.4, 0.5) is 13.2 Å². The van der Waals surface area contributed by atoms with Gasteiger partial charge in [0.05, 0.1) is 5.60 Å². The van der Waals surface area contributed by atoms with Gasteiger partial charge in [-0.3, -0.25) is 0 Å². The van der Waals surface area contributed by atoms with Gasteiger partial charge in [0.1, 0.15) is 11.9 Å². The molecule has 4 rings (SSSR count). The van der Waals surface area contributed by atoms with Crippen LogP contribution in [-0.4, -0.2) is 33.2 Å². The Kier molecular flexibility index (Phi) is 6.41. The molecular formula is C27H37F3O3. The number of alkyl halides is 3. The number of rotatable bonds is 6. The van der Waals surface area contributed by atoms with Crippen LogP contribution in [0.5, 0.6) is 5.75 Å². The summed E-state index contributed by atoms with van der Waals surface area (Å²) in [5.41, 5.74) is 1.54. The lowest BCUT2D eigenvalue weighted by molar-refractivity contribution is -0.205. The van der Waals surface area contributed by atoms with Crippen molar-refractivity contribution in [2.75, 3.05) is 0 Å². The van der Waals surface area contributed by atoms with E-state index in [0.717, 1.165) is 38.5 Å². The van der Waals surface area contributed by atoms with Crippen LogP contribution in [0.1, 0.15) is 88.7 Å². The zero-order chi connectivity index (χ0) is 24.1. The average molecular weight is 467 g/mol. The van der Waals surface area contributed by atoms with Crippen LogP contribution in [0.2, 0.25) is 0 Å². The summed E-state index contributed by atoms with van der Waals surface area (Å²) in [6, 6.07) is 5.71. The van der Waals surface area contributed by atoms with E-state index in [0.29, 0.717) is 36.8 Å². The lowest BCUT2D eigenvalue weighted by Crippen LogP contribution is -2.54. The van der Waals surface area contributed by atoms with Crippen molar-refractivity contribution in [2.45, 2.75) is 102 Å². The van der Waals surface area contributed by atoms with E-state index >= 15 is 0 Å². The van der Waals surface area contributed by atoms with Crippen LogP contribution in [0.3, 0.4) is 0 Å². The third kappa shape index (κ3) is 4.22. The van der Waals surface area contributed by atoms with Crippen LogP contribution >= 0.6 is 0 Å². The van der Waals surface area contributed by atoms with Gasteiger partial charge in [0, 0.05) is 0 Å². The van der Waals surface area contributed by atoms with E-state index in [1.54, 1.807) is 6.07 Å². The van der Waals surface area contributed by atoms with Gasteiger partial charge in [0.25, 0.3) is 0 Å². The van der Waals surface area contributed by atoms with Crippen LogP contribution in [0.15, 0.2) is 30.4 Å². The van der Waals surface area contributed by atoms with Crippen molar-refractivity contribution in [3.63, 3.8) is 0 Å². The highest BCUT2D eigenvalue weighted by molar-refractivity contribution is 5.43. The molecule has 0 aromatic heterocycles. The Morgan fingerprint density at radius 2 is 1.88 bits per heavy atom. The highest BCUT2D eigenvalue weighted by Crippen LogP contribution is 2.70. The number of aromatic hydroxyl groups is 1. The van der Waals surface area contributed by atoms with Crippen LogP contribution in [-0.2, 0) is 6.42 Å². The lowest BCUT2D eigenvalue weighted by atomic mass is 9.46. The molecule has 3 aliphatic rings. The molecule has 1 aromatic rings. The standard InChI is InChI=1S/C27H37F3O3/c1-24-14-11-21-20-9-8-19(31)17-18(20)10-16-26(21,22(24)12-15-25(24,2)33)13-6-4-3-5-7-23(32)27(28,29)30/h6,8-9,13,17,21-23,31-33H,3-5,7,10-12,14-16H2,1-2H3/t21-,22-,23-,24+,25+,26?/m1/s1. The number of phenols is 1. The van der Waals surface area contributed by atoms with Gasteiger partial charge < -0.3 is 15.3 Å². The summed E-state index contributed by atoms with van der Waals surface area (Å²) in [7, 11) is 0. The molecule has 184 valence electrons. The molecule has 0 saturated heterocycles. The van der Waals surface area contributed by atoms with Crippen LogP contribution in [0.25, 0.3) is 0 Å². The van der Waals surface area contributed by atoms with E-state index in [2.05, 4.69) is 25.1 Å². The number of aliphatic hydroxyl groups excluding tert-OH is 1. The van der Waals surface area contributed by atoms with Crippen molar-refractivity contribution < 1.29 is 28.5 Å². The summed E-state index contributed by atoms with van der Waals surface area (Å²) >= 11 is 0.